The molecular weight excluding hydrogens is 178 g/mol. The monoisotopic (exact) mass is 195 g/mol. The minimum Gasteiger partial charge on any atom is -0.379 e. The molecule has 0 aromatic carbocycles. The van der Waals surface area contributed by atoms with Crippen LogP contribution in [0.4, 0.5) is 0 Å². The highest BCUT2D eigenvalue weighted by molar-refractivity contribution is 5.05. The first-order valence-electron chi connectivity index (χ1n) is 5.02. The first-order valence-corrected chi connectivity index (χ1v) is 5.02. The maximum Gasteiger partial charge on any atom is 0.0647 e. The molecule has 0 radical (unpaired) electrons. The maximum atomic E-state index is 6.16. The third kappa shape index (κ3) is 2.13. The third-order valence-electron chi connectivity index (χ3n) is 2.80. The highest BCUT2D eigenvalue weighted by Crippen LogP contribution is 2.21. The molecule has 0 aliphatic carbocycles. The van der Waals surface area contributed by atoms with E-state index in [2.05, 4.69) is 5.10 Å². The van der Waals surface area contributed by atoms with Gasteiger partial charge in [0.25, 0.3) is 0 Å². The molecule has 1 saturated heterocycles. The predicted molar refractivity (Wildman–Crippen MR) is 53.9 cm³/mol. The Morgan fingerprint density at radius 3 is 3.14 bits per heavy atom. The van der Waals surface area contributed by atoms with Gasteiger partial charge in [0.15, 0.2) is 0 Å². The standard InChI is InChI=1S/C10H17N3O/c1-13-7-9(6-12-13)2-3-10(11)4-5-14-8-10/h6-7H,2-5,8,11H2,1H3. The number of nitrogens with two attached hydrogens (primary N) is 1. The van der Waals surface area contributed by atoms with Gasteiger partial charge < -0.3 is 10.5 Å². The van der Waals surface area contributed by atoms with Gasteiger partial charge in [-0.2, -0.15) is 5.10 Å². The fraction of sp³-hybridized carbons (Fsp3) is 0.700. The van der Waals surface area contributed by atoms with E-state index in [-0.39, 0.29) is 5.54 Å². The molecule has 78 valence electrons. The molecule has 1 aromatic rings. The van der Waals surface area contributed by atoms with E-state index in [9.17, 15) is 0 Å². The molecule has 2 heterocycles. The number of aromatic nitrogens is 2. The molecule has 2 N–H and O–H groups in total. The van der Waals surface area contributed by atoms with Crippen molar-refractivity contribution in [1.82, 2.24) is 9.78 Å². The van der Waals surface area contributed by atoms with E-state index in [4.69, 9.17) is 10.5 Å². The summed E-state index contributed by atoms with van der Waals surface area (Å²) in [6.07, 6.45) is 6.90. The van der Waals surface area contributed by atoms with Crippen LogP contribution in [0.3, 0.4) is 0 Å². The van der Waals surface area contributed by atoms with Gasteiger partial charge in [-0.3, -0.25) is 4.68 Å². The van der Waals surface area contributed by atoms with Crippen molar-refractivity contribution < 1.29 is 4.74 Å². The van der Waals surface area contributed by atoms with E-state index in [1.165, 1.54) is 5.56 Å². The summed E-state index contributed by atoms with van der Waals surface area (Å²) in [5, 5.41) is 4.13. The van der Waals surface area contributed by atoms with Crippen LogP contribution in [0.2, 0.25) is 0 Å². The Morgan fingerprint density at radius 1 is 1.71 bits per heavy atom. The normalized spacial score (nSPS) is 27.0. The Hall–Kier alpha value is -0.870. The zero-order valence-corrected chi connectivity index (χ0v) is 8.57. The zero-order chi connectivity index (χ0) is 10.0. The lowest BCUT2D eigenvalue weighted by Gasteiger charge is -2.20. The Labute approximate surface area is 84.0 Å². The average molecular weight is 195 g/mol. The van der Waals surface area contributed by atoms with Crippen molar-refractivity contribution in [1.29, 1.82) is 0 Å². The van der Waals surface area contributed by atoms with Gasteiger partial charge in [-0.1, -0.05) is 0 Å². The largest absolute Gasteiger partial charge is 0.379 e. The van der Waals surface area contributed by atoms with Crippen LogP contribution < -0.4 is 5.73 Å². The molecule has 1 fully saturated rings. The molecular formula is C10H17N3O. The van der Waals surface area contributed by atoms with E-state index in [0.717, 1.165) is 25.9 Å². The smallest absolute Gasteiger partial charge is 0.0647 e. The molecule has 1 aromatic heterocycles. The molecule has 4 nitrogen and oxygen atoms in total. The Bertz CT molecular complexity index is 302. The van der Waals surface area contributed by atoms with Crippen LogP contribution in [0.1, 0.15) is 18.4 Å². The number of rotatable bonds is 3. The Kier molecular flexibility index (Phi) is 2.56. The number of hydrogen-bond donors (Lipinski definition) is 1. The first kappa shape index (κ1) is 9.68. The minimum absolute atomic E-state index is 0.101. The van der Waals surface area contributed by atoms with E-state index in [0.29, 0.717) is 6.61 Å². The topological polar surface area (TPSA) is 53.1 Å². The van der Waals surface area contributed by atoms with E-state index in [1.54, 1.807) is 0 Å². The van der Waals surface area contributed by atoms with Crippen LogP contribution in [0.25, 0.3) is 0 Å². The SMILES string of the molecule is Cn1cc(CCC2(N)CCOC2)cn1. The van der Waals surface area contributed by atoms with Crippen molar-refractivity contribution in [2.75, 3.05) is 13.2 Å². The van der Waals surface area contributed by atoms with Crippen molar-refractivity contribution in [3.05, 3.63) is 18.0 Å². The highest BCUT2D eigenvalue weighted by atomic mass is 16.5. The molecule has 14 heavy (non-hydrogen) atoms. The van der Waals surface area contributed by atoms with E-state index < -0.39 is 0 Å². The lowest BCUT2D eigenvalue weighted by molar-refractivity contribution is 0.176. The second kappa shape index (κ2) is 3.71. The minimum atomic E-state index is -0.101. The summed E-state index contributed by atoms with van der Waals surface area (Å²) in [5.74, 6) is 0. The highest BCUT2D eigenvalue weighted by Gasteiger charge is 2.29. The van der Waals surface area contributed by atoms with Crippen molar-refractivity contribution in [2.24, 2.45) is 12.8 Å². The number of hydrogen-bond acceptors (Lipinski definition) is 3. The van der Waals surface area contributed by atoms with Crippen molar-refractivity contribution >= 4 is 0 Å². The van der Waals surface area contributed by atoms with Crippen molar-refractivity contribution in [3.8, 4) is 0 Å². The lowest BCUT2D eigenvalue weighted by Crippen LogP contribution is -2.40. The van der Waals surface area contributed by atoms with Crippen LogP contribution in [0, 0.1) is 0 Å². The second-order valence-electron chi connectivity index (χ2n) is 4.19. The molecule has 0 spiro atoms. The van der Waals surface area contributed by atoms with Gasteiger partial charge in [0, 0.05) is 25.4 Å². The third-order valence-corrected chi connectivity index (χ3v) is 2.80. The van der Waals surface area contributed by atoms with Crippen LogP contribution in [0.5, 0.6) is 0 Å². The van der Waals surface area contributed by atoms with Crippen molar-refractivity contribution in [3.63, 3.8) is 0 Å². The maximum absolute atomic E-state index is 6.16. The van der Waals surface area contributed by atoms with Gasteiger partial charge in [-0.25, -0.2) is 0 Å². The van der Waals surface area contributed by atoms with Gasteiger partial charge in [0.05, 0.1) is 12.8 Å². The van der Waals surface area contributed by atoms with Crippen LogP contribution in [-0.2, 0) is 18.2 Å². The van der Waals surface area contributed by atoms with Crippen molar-refractivity contribution in [2.45, 2.75) is 24.8 Å². The fourth-order valence-electron chi connectivity index (χ4n) is 1.81. The number of nitrogens with zero attached hydrogens (tertiary/aromatic N) is 2. The first-order chi connectivity index (χ1) is 6.68. The quantitative estimate of drug-likeness (QED) is 0.762. The molecule has 1 atom stereocenters. The summed E-state index contributed by atoms with van der Waals surface area (Å²) in [6.45, 7) is 1.51. The number of ether oxygens (including phenoxy) is 1. The molecule has 0 saturated carbocycles. The van der Waals surface area contributed by atoms with Gasteiger partial charge in [0.2, 0.25) is 0 Å². The van der Waals surface area contributed by atoms with E-state index in [1.807, 2.05) is 24.1 Å². The summed E-state index contributed by atoms with van der Waals surface area (Å²) < 4.78 is 7.13. The van der Waals surface area contributed by atoms with Crippen LogP contribution >= 0.6 is 0 Å². The molecule has 4 heteroatoms. The molecule has 2 rings (SSSR count). The summed E-state index contributed by atoms with van der Waals surface area (Å²) in [6, 6.07) is 0. The zero-order valence-electron chi connectivity index (χ0n) is 8.57. The summed E-state index contributed by atoms with van der Waals surface area (Å²) in [5.41, 5.74) is 7.31. The fourth-order valence-corrected chi connectivity index (χ4v) is 1.81. The Balaban J connectivity index is 1.87. The van der Waals surface area contributed by atoms with Crippen LogP contribution in [0.15, 0.2) is 12.4 Å². The van der Waals surface area contributed by atoms with Gasteiger partial charge in [0.1, 0.15) is 0 Å². The average Bonchev–Trinajstić information content (AvgIpc) is 2.73. The molecule has 0 bridgehead atoms. The lowest BCUT2D eigenvalue weighted by atomic mass is 9.92. The predicted octanol–water partition coefficient (Wildman–Crippen LogP) is 0.470. The Morgan fingerprint density at radius 2 is 2.57 bits per heavy atom. The van der Waals surface area contributed by atoms with Gasteiger partial charge in [-0.05, 0) is 24.8 Å². The summed E-state index contributed by atoms with van der Waals surface area (Å²) in [4.78, 5) is 0. The number of aryl methyl sites for hydroxylation is 2. The summed E-state index contributed by atoms with van der Waals surface area (Å²) in [7, 11) is 1.93. The van der Waals surface area contributed by atoms with Crippen LogP contribution in [-0.4, -0.2) is 28.5 Å². The van der Waals surface area contributed by atoms with Gasteiger partial charge >= 0.3 is 0 Å². The van der Waals surface area contributed by atoms with E-state index >= 15 is 0 Å². The molecule has 1 aliphatic heterocycles. The molecule has 1 aliphatic rings. The summed E-state index contributed by atoms with van der Waals surface area (Å²) >= 11 is 0. The molecule has 1 unspecified atom stereocenters. The second-order valence-corrected chi connectivity index (χ2v) is 4.19. The van der Waals surface area contributed by atoms with Gasteiger partial charge in [-0.15, -0.1) is 0 Å². The molecule has 0 amide bonds.